The SMILES string of the molecule is NCc1cc([N+](=O)[O-])nc(N)c1C(F)F. The van der Waals surface area contributed by atoms with E-state index in [1.165, 1.54) is 0 Å². The van der Waals surface area contributed by atoms with E-state index >= 15 is 0 Å². The molecule has 0 spiro atoms. The van der Waals surface area contributed by atoms with E-state index in [9.17, 15) is 18.9 Å². The summed E-state index contributed by atoms with van der Waals surface area (Å²) in [6, 6.07) is 0.901. The zero-order chi connectivity index (χ0) is 11.6. The summed E-state index contributed by atoms with van der Waals surface area (Å²) < 4.78 is 24.9. The second kappa shape index (κ2) is 4.13. The van der Waals surface area contributed by atoms with Crippen molar-refractivity contribution in [2.75, 3.05) is 5.73 Å². The van der Waals surface area contributed by atoms with Crippen LogP contribution in [-0.2, 0) is 6.54 Å². The summed E-state index contributed by atoms with van der Waals surface area (Å²) in [6.45, 7) is -0.257. The molecule has 0 aliphatic heterocycles. The minimum absolute atomic E-state index is 0.0656. The number of pyridine rings is 1. The number of nitro groups is 1. The minimum Gasteiger partial charge on any atom is -0.362 e. The Hall–Kier alpha value is -1.83. The highest BCUT2D eigenvalue weighted by molar-refractivity contribution is 5.50. The summed E-state index contributed by atoms with van der Waals surface area (Å²) >= 11 is 0. The summed E-state index contributed by atoms with van der Waals surface area (Å²) in [7, 11) is 0. The number of hydrogen-bond acceptors (Lipinski definition) is 5. The van der Waals surface area contributed by atoms with Gasteiger partial charge in [0.1, 0.15) is 0 Å². The topological polar surface area (TPSA) is 108 Å². The maximum absolute atomic E-state index is 12.5. The van der Waals surface area contributed by atoms with E-state index in [0.717, 1.165) is 6.07 Å². The fraction of sp³-hybridized carbons (Fsp3) is 0.286. The van der Waals surface area contributed by atoms with Crippen LogP contribution in [0.4, 0.5) is 20.4 Å². The monoisotopic (exact) mass is 218 g/mol. The van der Waals surface area contributed by atoms with Gasteiger partial charge in [-0.2, -0.15) is 0 Å². The molecule has 0 unspecified atom stereocenters. The molecule has 8 heteroatoms. The average molecular weight is 218 g/mol. The van der Waals surface area contributed by atoms with Crippen molar-refractivity contribution in [3.63, 3.8) is 0 Å². The van der Waals surface area contributed by atoms with E-state index in [1.54, 1.807) is 0 Å². The standard InChI is InChI=1S/C7H8F2N4O2/c8-6(9)5-3(2-10)1-4(13(14)15)12-7(5)11/h1,6H,2,10H2,(H2,11,12). The Kier molecular flexibility index (Phi) is 3.10. The third-order valence-corrected chi connectivity index (χ3v) is 1.79. The number of nitrogens with zero attached hydrogens (tertiary/aromatic N) is 2. The first kappa shape index (κ1) is 11.2. The van der Waals surface area contributed by atoms with Crippen molar-refractivity contribution in [3.05, 3.63) is 27.3 Å². The lowest BCUT2D eigenvalue weighted by atomic mass is 10.1. The van der Waals surface area contributed by atoms with Crippen LogP contribution in [0.1, 0.15) is 17.6 Å². The maximum Gasteiger partial charge on any atom is 0.366 e. The van der Waals surface area contributed by atoms with Crippen LogP contribution in [0.5, 0.6) is 0 Å². The van der Waals surface area contributed by atoms with Crippen LogP contribution in [0, 0.1) is 10.1 Å². The molecule has 15 heavy (non-hydrogen) atoms. The number of hydrogen-bond donors (Lipinski definition) is 2. The smallest absolute Gasteiger partial charge is 0.362 e. The second-order valence-electron chi connectivity index (χ2n) is 2.70. The molecule has 0 fully saturated rings. The minimum atomic E-state index is -2.85. The highest BCUT2D eigenvalue weighted by Crippen LogP contribution is 2.29. The Morgan fingerprint density at radius 2 is 2.20 bits per heavy atom. The van der Waals surface area contributed by atoms with E-state index in [0.29, 0.717) is 0 Å². The predicted molar refractivity (Wildman–Crippen MR) is 48.2 cm³/mol. The average Bonchev–Trinajstić information content (AvgIpc) is 2.15. The molecule has 1 rings (SSSR count). The van der Waals surface area contributed by atoms with E-state index in [1.807, 2.05) is 0 Å². The molecular weight excluding hydrogens is 210 g/mol. The third kappa shape index (κ3) is 2.15. The van der Waals surface area contributed by atoms with E-state index in [-0.39, 0.29) is 12.1 Å². The number of nitrogens with two attached hydrogens (primary N) is 2. The number of nitrogen functional groups attached to an aromatic ring is 1. The molecule has 4 N–H and O–H groups in total. The molecule has 0 amide bonds. The van der Waals surface area contributed by atoms with Gasteiger partial charge in [-0.1, -0.05) is 0 Å². The Morgan fingerprint density at radius 3 is 2.60 bits per heavy atom. The van der Waals surface area contributed by atoms with Crippen LogP contribution in [0.2, 0.25) is 0 Å². The summed E-state index contributed by atoms with van der Waals surface area (Å²) in [6.07, 6.45) is -2.85. The number of aromatic nitrogens is 1. The van der Waals surface area contributed by atoms with Crippen molar-refractivity contribution < 1.29 is 13.7 Å². The molecule has 0 aliphatic carbocycles. The van der Waals surface area contributed by atoms with Crippen LogP contribution >= 0.6 is 0 Å². The first-order valence-corrected chi connectivity index (χ1v) is 3.89. The molecule has 1 heterocycles. The predicted octanol–water partition coefficient (Wildman–Crippen LogP) is 0.968. The fourth-order valence-corrected chi connectivity index (χ4v) is 1.13. The van der Waals surface area contributed by atoms with Gasteiger partial charge in [-0.25, -0.2) is 8.78 Å². The first-order valence-electron chi connectivity index (χ1n) is 3.89. The molecule has 1 aromatic heterocycles. The normalized spacial score (nSPS) is 10.7. The number of alkyl halides is 2. The largest absolute Gasteiger partial charge is 0.366 e. The lowest BCUT2D eigenvalue weighted by Crippen LogP contribution is -2.09. The van der Waals surface area contributed by atoms with Gasteiger partial charge in [0.2, 0.25) is 5.82 Å². The molecule has 0 saturated carbocycles. The summed E-state index contributed by atoms with van der Waals surface area (Å²) in [5.41, 5.74) is 9.77. The molecule has 0 aliphatic rings. The Balaban J connectivity index is 3.37. The van der Waals surface area contributed by atoms with Gasteiger partial charge >= 0.3 is 5.82 Å². The van der Waals surface area contributed by atoms with Crippen molar-refractivity contribution in [3.8, 4) is 0 Å². The zero-order valence-corrected chi connectivity index (χ0v) is 7.48. The number of rotatable bonds is 3. The molecule has 82 valence electrons. The highest BCUT2D eigenvalue weighted by atomic mass is 19.3. The van der Waals surface area contributed by atoms with Crippen molar-refractivity contribution in [1.29, 1.82) is 0 Å². The lowest BCUT2D eigenvalue weighted by Gasteiger charge is -2.06. The fourth-order valence-electron chi connectivity index (χ4n) is 1.13. The van der Waals surface area contributed by atoms with Crippen molar-refractivity contribution in [2.45, 2.75) is 13.0 Å². The van der Waals surface area contributed by atoms with Gasteiger partial charge in [0.05, 0.1) is 5.56 Å². The zero-order valence-electron chi connectivity index (χ0n) is 7.48. The maximum atomic E-state index is 12.5. The van der Waals surface area contributed by atoms with Crippen molar-refractivity contribution >= 4 is 11.6 Å². The van der Waals surface area contributed by atoms with Gasteiger partial charge in [-0.3, -0.25) is 0 Å². The van der Waals surface area contributed by atoms with Crippen molar-refractivity contribution in [1.82, 2.24) is 4.98 Å². The number of anilines is 1. The van der Waals surface area contributed by atoms with Crippen molar-refractivity contribution in [2.24, 2.45) is 5.73 Å². The molecule has 0 atom stereocenters. The molecule has 6 nitrogen and oxygen atoms in total. The molecule has 0 aromatic carbocycles. The van der Waals surface area contributed by atoms with Crippen LogP contribution in [0.25, 0.3) is 0 Å². The van der Waals surface area contributed by atoms with Gasteiger partial charge in [-0.15, -0.1) is 0 Å². The Labute approximate surface area is 83.0 Å². The molecular formula is C7H8F2N4O2. The number of halogens is 2. The molecule has 0 bridgehead atoms. The summed E-state index contributed by atoms with van der Waals surface area (Å²) in [5, 5.41) is 10.4. The van der Waals surface area contributed by atoms with Gasteiger partial charge in [0, 0.05) is 12.6 Å². The third-order valence-electron chi connectivity index (χ3n) is 1.79. The summed E-state index contributed by atoms with van der Waals surface area (Å²) in [5.74, 6) is -1.14. The van der Waals surface area contributed by atoms with Crippen LogP contribution in [-0.4, -0.2) is 9.91 Å². The van der Waals surface area contributed by atoms with Crippen LogP contribution in [0.15, 0.2) is 6.07 Å². The quantitative estimate of drug-likeness (QED) is 0.580. The molecule has 1 aromatic rings. The first-order chi connectivity index (χ1) is 6.97. The van der Waals surface area contributed by atoms with Gasteiger partial charge in [0.25, 0.3) is 6.43 Å². The van der Waals surface area contributed by atoms with E-state index in [2.05, 4.69) is 4.98 Å². The van der Waals surface area contributed by atoms with Gasteiger partial charge < -0.3 is 21.6 Å². The Bertz CT molecular complexity index is 397. The Morgan fingerprint density at radius 1 is 1.60 bits per heavy atom. The van der Waals surface area contributed by atoms with Crippen LogP contribution in [0.3, 0.4) is 0 Å². The lowest BCUT2D eigenvalue weighted by molar-refractivity contribution is -0.389. The van der Waals surface area contributed by atoms with E-state index < -0.39 is 28.5 Å². The highest BCUT2D eigenvalue weighted by Gasteiger charge is 2.23. The summed E-state index contributed by atoms with van der Waals surface area (Å²) in [4.78, 5) is 12.8. The van der Waals surface area contributed by atoms with E-state index in [4.69, 9.17) is 11.5 Å². The van der Waals surface area contributed by atoms with Crippen LogP contribution < -0.4 is 11.5 Å². The van der Waals surface area contributed by atoms with Gasteiger partial charge in [-0.05, 0) is 15.5 Å². The molecule has 0 radical (unpaired) electrons. The molecule has 0 saturated heterocycles. The second-order valence-corrected chi connectivity index (χ2v) is 2.70. The van der Waals surface area contributed by atoms with Gasteiger partial charge in [0.15, 0.2) is 0 Å².